The Bertz CT molecular complexity index is 1240. The molecule has 7 heteroatoms. The van der Waals surface area contributed by atoms with Gasteiger partial charge in [-0.3, -0.25) is 9.78 Å². The number of rotatable bonds is 3. The minimum atomic E-state index is -0.575. The van der Waals surface area contributed by atoms with Gasteiger partial charge in [0.25, 0.3) is 5.56 Å². The highest BCUT2D eigenvalue weighted by Gasteiger charge is 2.49. The van der Waals surface area contributed by atoms with E-state index in [1.54, 1.807) is 4.90 Å². The summed E-state index contributed by atoms with van der Waals surface area (Å²) in [5.41, 5.74) is 3.33. The van der Waals surface area contributed by atoms with Gasteiger partial charge in [0.15, 0.2) is 0 Å². The molecule has 2 aliphatic rings. The van der Waals surface area contributed by atoms with Crippen LogP contribution in [0.4, 0.5) is 4.79 Å². The fraction of sp³-hybridized carbons (Fsp3) is 0.385. The van der Waals surface area contributed by atoms with Crippen LogP contribution in [0.25, 0.3) is 11.3 Å². The zero-order chi connectivity index (χ0) is 23.2. The number of nitrogens with zero attached hydrogens (tertiary/aromatic N) is 3. The van der Waals surface area contributed by atoms with E-state index in [0.717, 1.165) is 35.4 Å². The van der Waals surface area contributed by atoms with Gasteiger partial charge in [-0.15, -0.1) is 0 Å². The topological polar surface area (TPSA) is 88.2 Å². The summed E-state index contributed by atoms with van der Waals surface area (Å²) < 4.78 is 5.47. The first-order chi connectivity index (χ1) is 15.7. The Balaban J connectivity index is 1.40. The van der Waals surface area contributed by atoms with E-state index in [4.69, 9.17) is 9.72 Å². The van der Waals surface area contributed by atoms with E-state index in [1.165, 1.54) is 0 Å². The molecular weight excluding hydrogens is 416 g/mol. The van der Waals surface area contributed by atoms with E-state index in [1.807, 2.05) is 63.4 Å². The lowest BCUT2D eigenvalue weighted by Crippen LogP contribution is -2.42. The molecule has 3 aromatic rings. The van der Waals surface area contributed by atoms with Crippen LogP contribution in [0.1, 0.15) is 56.3 Å². The second-order valence-corrected chi connectivity index (χ2v) is 9.87. The predicted molar refractivity (Wildman–Crippen MR) is 125 cm³/mol. The zero-order valence-corrected chi connectivity index (χ0v) is 19.2. The van der Waals surface area contributed by atoms with Crippen molar-refractivity contribution in [1.29, 1.82) is 0 Å². The first kappa shape index (κ1) is 21.4. The second kappa shape index (κ2) is 7.83. The van der Waals surface area contributed by atoms with E-state index in [-0.39, 0.29) is 17.5 Å². The summed E-state index contributed by atoms with van der Waals surface area (Å²) in [6.45, 7) is 6.20. The van der Waals surface area contributed by atoms with Crippen molar-refractivity contribution in [2.75, 3.05) is 6.54 Å². The van der Waals surface area contributed by atoms with Gasteiger partial charge in [0.1, 0.15) is 11.4 Å². The highest BCUT2D eigenvalue weighted by molar-refractivity contribution is 5.68. The first-order valence-corrected chi connectivity index (χ1v) is 11.4. The lowest BCUT2D eigenvalue weighted by molar-refractivity contribution is 0.0221. The molecule has 1 aliphatic carbocycles. The van der Waals surface area contributed by atoms with Gasteiger partial charge in [-0.1, -0.05) is 36.4 Å². The van der Waals surface area contributed by atoms with Crippen LogP contribution in [0, 0.1) is 0 Å². The maximum Gasteiger partial charge on any atom is 0.410 e. The number of carbonyl (C=O) groups excluding carboxylic acids is 1. The molecule has 1 amide bonds. The summed E-state index contributed by atoms with van der Waals surface area (Å²) >= 11 is 0. The highest BCUT2D eigenvalue weighted by atomic mass is 16.6. The van der Waals surface area contributed by atoms with Gasteiger partial charge in [0.2, 0.25) is 0 Å². The number of amides is 1. The maximum atomic E-state index is 13.0. The standard InChI is InChI=1S/C26H28N4O3/c1-25(2,3)33-24(32)30-14-11-21-19(16-30)22(31)29-23(28-21)26(12-13-26)18-9-10-20(27-15-18)17-7-5-4-6-8-17/h4-10,15H,11-14,16H2,1-3H3,(H,28,29,31). The molecule has 0 unspecified atom stereocenters. The van der Waals surface area contributed by atoms with Crippen LogP contribution in [0.15, 0.2) is 53.5 Å². The van der Waals surface area contributed by atoms with E-state index in [0.29, 0.717) is 24.4 Å². The Hall–Kier alpha value is -3.48. The first-order valence-electron chi connectivity index (χ1n) is 11.4. The number of fused-ring (bicyclic) bond motifs is 1. The number of carbonyl (C=O) groups is 1. The van der Waals surface area contributed by atoms with Crippen molar-refractivity contribution >= 4 is 6.09 Å². The van der Waals surface area contributed by atoms with E-state index < -0.39 is 11.7 Å². The Morgan fingerprint density at radius 2 is 1.88 bits per heavy atom. The van der Waals surface area contributed by atoms with Crippen molar-refractivity contribution in [1.82, 2.24) is 19.9 Å². The molecule has 1 fully saturated rings. The summed E-state index contributed by atoms with van der Waals surface area (Å²) in [5, 5.41) is 0. The summed E-state index contributed by atoms with van der Waals surface area (Å²) in [6, 6.07) is 14.2. The third-order valence-electron chi connectivity index (χ3n) is 6.31. The fourth-order valence-corrected chi connectivity index (χ4v) is 4.38. The molecular formula is C26H28N4O3. The van der Waals surface area contributed by atoms with Crippen molar-refractivity contribution in [2.24, 2.45) is 0 Å². The predicted octanol–water partition coefficient (Wildman–Crippen LogP) is 4.21. The lowest BCUT2D eigenvalue weighted by Gasteiger charge is -2.30. The molecule has 170 valence electrons. The normalized spacial score (nSPS) is 16.8. The molecule has 2 aromatic heterocycles. The van der Waals surface area contributed by atoms with Gasteiger partial charge < -0.3 is 14.6 Å². The van der Waals surface area contributed by atoms with Crippen molar-refractivity contribution in [3.63, 3.8) is 0 Å². The largest absolute Gasteiger partial charge is 0.444 e. The molecule has 1 aromatic carbocycles. The molecule has 0 saturated heterocycles. The average molecular weight is 445 g/mol. The molecule has 33 heavy (non-hydrogen) atoms. The Morgan fingerprint density at radius 3 is 2.52 bits per heavy atom. The molecule has 3 heterocycles. The lowest BCUT2D eigenvalue weighted by atomic mass is 9.95. The van der Waals surface area contributed by atoms with Gasteiger partial charge in [0.05, 0.1) is 28.9 Å². The van der Waals surface area contributed by atoms with Gasteiger partial charge in [0, 0.05) is 24.7 Å². The monoisotopic (exact) mass is 444 g/mol. The molecule has 1 N–H and O–H groups in total. The number of pyridine rings is 1. The average Bonchev–Trinajstić information content (AvgIpc) is 3.60. The number of hydrogen-bond acceptors (Lipinski definition) is 5. The summed E-state index contributed by atoms with van der Waals surface area (Å²) in [6.07, 6.45) is 3.88. The Labute approximate surface area is 192 Å². The highest BCUT2D eigenvalue weighted by Crippen LogP contribution is 2.52. The van der Waals surface area contributed by atoms with E-state index >= 15 is 0 Å². The van der Waals surface area contributed by atoms with Crippen molar-refractivity contribution < 1.29 is 9.53 Å². The Morgan fingerprint density at radius 1 is 1.12 bits per heavy atom. The molecule has 7 nitrogen and oxygen atoms in total. The maximum absolute atomic E-state index is 13.0. The van der Waals surface area contributed by atoms with Crippen molar-refractivity contribution in [3.8, 4) is 11.3 Å². The van der Waals surface area contributed by atoms with E-state index in [2.05, 4.69) is 16.0 Å². The number of H-pyrrole nitrogens is 1. The number of hydrogen-bond donors (Lipinski definition) is 1. The van der Waals surface area contributed by atoms with E-state index in [9.17, 15) is 9.59 Å². The van der Waals surface area contributed by atoms with Crippen LogP contribution in [0.3, 0.4) is 0 Å². The smallest absolute Gasteiger partial charge is 0.410 e. The quantitative estimate of drug-likeness (QED) is 0.654. The SMILES string of the molecule is CC(C)(C)OC(=O)N1CCc2nc(C3(c4ccc(-c5ccccc5)nc4)CC3)[nH]c(=O)c2C1. The second-order valence-electron chi connectivity index (χ2n) is 9.87. The number of benzene rings is 1. The third-order valence-corrected chi connectivity index (χ3v) is 6.31. The fourth-order valence-electron chi connectivity index (χ4n) is 4.38. The summed E-state index contributed by atoms with van der Waals surface area (Å²) in [4.78, 5) is 39.6. The third kappa shape index (κ3) is 4.15. The van der Waals surface area contributed by atoms with Crippen LogP contribution in [0.2, 0.25) is 0 Å². The van der Waals surface area contributed by atoms with Gasteiger partial charge in [-0.2, -0.15) is 0 Å². The van der Waals surface area contributed by atoms with Gasteiger partial charge in [-0.05, 0) is 45.2 Å². The molecule has 5 rings (SSSR count). The zero-order valence-electron chi connectivity index (χ0n) is 19.2. The molecule has 0 radical (unpaired) electrons. The Kier molecular flexibility index (Phi) is 5.07. The van der Waals surface area contributed by atoms with Crippen molar-refractivity contribution in [2.45, 2.75) is 57.6 Å². The molecule has 0 spiro atoms. The van der Waals surface area contributed by atoms with Crippen LogP contribution < -0.4 is 5.56 Å². The van der Waals surface area contributed by atoms with Crippen LogP contribution in [-0.4, -0.2) is 38.1 Å². The van der Waals surface area contributed by atoms with Gasteiger partial charge in [-0.25, -0.2) is 9.78 Å². The van der Waals surface area contributed by atoms with Crippen molar-refractivity contribution in [3.05, 3.63) is 81.7 Å². The van der Waals surface area contributed by atoms with Crippen LogP contribution in [0.5, 0.6) is 0 Å². The van der Waals surface area contributed by atoms with Crippen LogP contribution in [-0.2, 0) is 23.1 Å². The summed E-state index contributed by atoms with van der Waals surface area (Å²) in [5.74, 6) is 0.700. The van der Waals surface area contributed by atoms with Gasteiger partial charge >= 0.3 is 6.09 Å². The molecule has 1 saturated carbocycles. The number of aromatic nitrogens is 3. The molecule has 1 aliphatic heterocycles. The summed E-state index contributed by atoms with van der Waals surface area (Å²) in [7, 11) is 0. The minimum Gasteiger partial charge on any atom is -0.444 e. The molecule has 0 bridgehead atoms. The van der Waals surface area contributed by atoms with Crippen LogP contribution >= 0.6 is 0 Å². The molecule has 0 atom stereocenters. The number of ether oxygens (including phenoxy) is 1. The number of nitrogens with one attached hydrogen (secondary N) is 1. The number of aromatic amines is 1. The minimum absolute atomic E-state index is 0.177.